The van der Waals surface area contributed by atoms with Crippen molar-refractivity contribution >= 4 is 0 Å². The summed E-state index contributed by atoms with van der Waals surface area (Å²) in [5.41, 5.74) is 0.677. The third-order valence-corrected chi connectivity index (χ3v) is 9.11. The largest absolute Gasteiger partial charge is 0.0594 e. The SMILES string of the molecule is CC1(C)C2CCCC3C4CCCCC4C4CCC1C4C32. The molecule has 8 atom stereocenters. The first kappa shape index (κ1) is 12.5. The summed E-state index contributed by atoms with van der Waals surface area (Å²) in [5, 5.41) is 0. The van der Waals surface area contributed by atoms with E-state index in [0.717, 1.165) is 41.4 Å². The summed E-state index contributed by atoms with van der Waals surface area (Å²) in [7, 11) is 0. The van der Waals surface area contributed by atoms with Crippen LogP contribution in [-0.2, 0) is 0 Å². The van der Waals surface area contributed by atoms with Gasteiger partial charge >= 0.3 is 0 Å². The van der Waals surface area contributed by atoms with Gasteiger partial charge in [-0.1, -0.05) is 33.1 Å². The molecule has 5 saturated carbocycles. The van der Waals surface area contributed by atoms with Gasteiger partial charge in [0.2, 0.25) is 0 Å². The van der Waals surface area contributed by atoms with E-state index >= 15 is 0 Å². The molecule has 0 bridgehead atoms. The second kappa shape index (κ2) is 4.05. The molecule has 5 fully saturated rings. The molecule has 0 nitrogen and oxygen atoms in total. The van der Waals surface area contributed by atoms with Crippen LogP contribution in [0.1, 0.15) is 71.6 Å². The summed E-state index contributed by atoms with van der Waals surface area (Å²) in [6.45, 7) is 5.32. The third kappa shape index (κ3) is 1.35. The van der Waals surface area contributed by atoms with E-state index in [1.54, 1.807) is 57.8 Å². The van der Waals surface area contributed by atoms with Crippen LogP contribution in [0.2, 0.25) is 0 Å². The molecule has 0 aliphatic heterocycles. The number of rotatable bonds is 0. The second-order valence-electron chi connectivity index (χ2n) is 9.64. The van der Waals surface area contributed by atoms with Crippen molar-refractivity contribution in [2.45, 2.75) is 71.6 Å². The molecule has 0 aromatic carbocycles. The highest BCUT2D eigenvalue weighted by molar-refractivity contribution is 5.14. The minimum atomic E-state index is 0.677. The standard InChI is InChI=1S/C20H32/c1-20(2)16-9-5-8-14-12-6-3-4-7-13(12)15-10-11-17(20)19(15)18(14)16/h12-19H,3-11H2,1-2H3. The van der Waals surface area contributed by atoms with Gasteiger partial charge in [0.15, 0.2) is 0 Å². The van der Waals surface area contributed by atoms with Crippen LogP contribution in [0.25, 0.3) is 0 Å². The minimum absolute atomic E-state index is 0.677. The number of fused-ring (bicyclic) bond motifs is 3. The van der Waals surface area contributed by atoms with Gasteiger partial charge in [0, 0.05) is 0 Å². The Labute approximate surface area is 125 Å². The van der Waals surface area contributed by atoms with Gasteiger partial charge in [-0.3, -0.25) is 0 Å². The Morgan fingerprint density at radius 1 is 0.550 bits per heavy atom. The van der Waals surface area contributed by atoms with E-state index in [1.165, 1.54) is 5.92 Å². The van der Waals surface area contributed by atoms with Crippen molar-refractivity contribution in [1.29, 1.82) is 0 Å². The predicted octanol–water partition coefficient (Wildman–Crippen LogP) is 5.52. The minimum Gasteiger partial charge on any atom is -0.0594 e. The number of hydrogen-bond donors (Lipinski definition) is 0. The lowest BCUT2D eigenvalue weighted by molar-refractivity contribution is -0.0592. The van der Waals surface area contributed by atoms with Crippen LogP contribution in [-0.4, -0.2) is 0 Å². The average molecular weight is 272 g/mol. The quantitative estimate of drug-likeness (QED) is 0.544. The lowest BCUT2D eigenvalue weighted by atomic mass is 9.50. The normalized spacial score (nSPS) is 59.1. The number of hydrogen-bond acceptors (Lipinski definition) is 0. The molecule has 5 aliphatic carbocycles. The van der Waals surface area contributed by atoms with Crippen LogP contribution in [0, 0.1) is 52.8 Å². The van der Waals surface area contributed by atoms with E-state index in [1.807, 2.05) is 0 Å². The Morgan fingerprint density at radius 2 is 1.10 bits per heavy atom. The van der Waals surface area contributed by atoms with Gasteiger partial charge in [0.1, 0.15) is 0 Å². The van der Waals surface area contributed by atoms with Gasteiger partial charge in [-0.2, -0.15) is 0 Å². The molecule has 0 aromatic rings. The molecule has 5 aliphatic rings. The van der Waals surface area contributed by atoms with Gasteiger partial charge in [0.25, 0.3) is 0 Å². The molecule has 0 saturated heterocycles. The first-order chi connectivity index (χ1) is 9.69. The average Bonchev–Trinajstić information content (AvgIpc) is 3.00. The zero-order valence-corrected chi connectivity index (χ0v) is 13.5. The molecular weight excluding hydrogens is 240 g/mol. The summed E-state index contributed by atoms with van der Waals surface area (Å²) < 4.78 is 0. The molecular formula is C20H32. The maximum absolute atomic E-state index is 2.66. The highest BCUT2D eigenvalue weighted by atomic mass is 14.7. The molecule has 0 heterocycles. The fraction of sp³-hybridized carbons (Fsp3) is 1.00. The van der Waals surface area contributed by atoms with Gasteiger partial charge in [0.05, 0.1) is 0 Å². The lowest BCUT2D eigenvalue weighted by Crippen LogP contribution is -2.48. The fourth-order valence-electron chi connectivity index (χ4n) is 8.68. The maximum atomic E-state index is 2.66. The molecule has 0 radical (unpaired) electrons. The first-order valence-corrected chi connectivity index (χ1v) is 9.69. The van der Waals surface area contributed by atoms with Crippen molar-refractivity contribution in [3.05, 3.63) is 0 Å². The molecule has 0 aromatic heterocycles. The molecule has 20 heavy (non-hydrogen) atoms. The molecule has 0 amide bonds. The monoisotopic (exact) mass is 272 g/mol. The van der Waals surface area contributed by atoms with E-state index in [2.05, 4.69) is 13.8 Å². The van der Waals surface area contributed by atoms with Gasteiger partial charge in [-0.25, -0.2) is 0 Å². The lowest BCUT2D eigenvalue weighted by Gasteiger charge is -2.54. The summed E-state index contributed by atoms with van der Waals surface area (Å²) in [4.78, 5) is 0. The Hall–Kier alpha value is 0. The fourth-order valence-corrected chi connectivity index (χ4v) is 8.68. The van der Waals surface area contributed by atoms with Crippen molar-refractivity contribution in [3.63, 3.8) is 0 Å². The summed E-state index contributed by atoms with van der Waals surface area (Å²) in [6.07, 6.45) is 14.3. The van der Waals surface area contributed by atoms with Crippen LogP contribution in [0.5, 0.6) is 0 Å². The Morgan fingerprint density at radius 3 is 1.80 bits per heavy atom. The molecule has 8 unspecified atom stereocenters. The highest BCUT2D eigenvalue weighted by Crippen LogP contribution is 2.72. The predicted molar refractivity (Wildman–Crippen MR) is 83.3 cm³/mol. The smallest absolute Gasteiger partial charge is 0.0292 e. The third-order valence-electron chi connectivity index (χ3n) is 9.11. The molecule has 0 heteroatoms. The van der Waals surface area contributed by atoms with Crippen molar-refractivity contribution < 1.29 is 0 Å². The Balaban J connectivity index is 1.61. The zero-order valence-electron chi connectivity index (χ0n) is 13.5. The zero-order chi connectivity index (χ0) is 13.5. The first-order valence-electron chi connectivity index (χ1n) is 9.69. The molecule has 0 N–H and O–H groups in total. The van der Waals surface area contributed by atoms with Crippen molar-refractivity contribution in [3.8, 4) is 0 Å². The maximum Gasteiger partial charge on any atom is -0.0292 e. The summed E-state index contributed by atoms with van der Waals surface area (Å²) in [5.74, 6) is 9.16. The Kier molecular flexibility index (Phi) is 2.54. The van der Waals surface area contributed by atoms with E-state index in [0.29, 0.717) is 5.41 Å². The van der Waals surface area contributed by atoms with E-state index in [9.17, 15) is 0 Å². The topological polar surface area (TPSA) is 0 Å². The highest BCUT2D eigenvalue weighted by Gasteiger charge is 2.66. The summed E-state index contributed by atoms with van der Waals surface area (Å²) in [6, 6.07) is 0. The van der Waals surface area contributed by atoms with Crippen molar-refractivity contribution in [2.75, 3.05) is 0 Å². The van der Waals surface area contributed by atoms with Crippen molar-refractivity contribution in [1.82, 2.24) is 0 Å². The molecule has 0 spiro atoms. The van der Waals surface area contributed by atoms with E-state index in [-0.39, 0.29) is 0 Å². The van der Waals surface area contributed by atoms with Crippen molar-refractivity contribution in [2.24, 2.45) is 52.8 Å². The van der Waals surface area contributed by atoms with Gasteiger partial charge < -0.3 is 0 Å². The van der Waals surface area contributed by atoms with E-state index < -0.39 is 0 Å². The molecule has 112 valence electrons. The Bertz CT molecular complexity index is 408. The van der Waals surface area contributed by atoms with Crippen LogP contribution in [0.3, 0.4) is 0 Å². The van der Waals surface area contributed by atoms with Crippen LogP contribution >= 0.6 is 0 Å². The van der Waals surface area contributed by atoms with E-state index in [4.69, 9.17) is 0 Å². The molecule has 5 rings (SSSR count). The van der Waals surface area contributed by atoms with Gasteiger partial charge in [-0.15, -0.1) is 0 Å². The van der Waals surface area contributed by atoms with Crippen LogP contribution in [0.4, 0.5) is 0 Å². The second-order valence-corrected chi connectivity index (χ2v) is 9.64. The summed E-state index contributed by atoms with van der Waals surface area (Å²) >= 11 is 0. The van der Waals surface area contributed by atoms with Gasteiger partial charge in [-0.05, 0) is 91.3 Å². The van der Waals surface area contributed by atoms with Crippen LogP contribution < -0.4 is 0 Å². The van der Waals surface area contributed by atoms with Crippen LogP contribution in [0.15, 0.2) is 0 Å².